The van der Waals surface area contributed by atoms with Gasteiger partial charge in [0.15, 0.2) is 0 Å². The molecule has 0 spiro atoms. The molecule has 1 heterocycles. The maximum absolute atomic E-state index is 2.92. The van der Waals surface area contributed by atoms with Crippen molar-refractivity contribution in [3.8, 4) is 11.1 Å². The number of hydrogen-bond donors (Lipinski definition) is 1. The number of nitrogens with one attached hydrogen (secondary N) is 1. The zero-order valence-corrected chi connectivity index (χ0v) is 15.3. The summed E-state index contributed by atoms with van der Waals surface area (Å²) in [6.45, 7) is 2.36. The third-order valence-corrected chi connectivity index (χ3v) is 5.34. The van der Waals surface area contributed by atoms with Gasteiger partial charge in [-0.05, 0) is 70.7 Å². The Morgan fingerprint density at radius 1 is 0.846 bits per heavy atom. The molecule has 2 aromatic rings. The lowest BCUT2D eigenvalue weighted by Crippen LogP contribution is -2.12. The molecule has 0 radical (unpaired) electrons. The van der Waals surface area contributed by atoms with Crippen molar-refractivity contribution >= 4 is 6.08 Å². The molecule has 0 bridgehead atoms. The minimum absolute atomic E-state index is 0.640. The monoisotopic (exact) mass is 339 g/mol. The Morgan fingerprint density at radius 2 is 1.65 bits per heavy atom. The van der Waals surface area contributed by atoms with Crippen LogP contribution >= 0.6 is 0 Å². The predicted octanol–water partition coefficient (Wildman–Crippen LogP) is 6.15. The Kier molecular flexibility index (Phi) is 4.88. The maximum atomic E-state index is 2.92. The largest absolute Gasteiger partial charge is 0.368 e. The van der Waals surface area contributed by atoms with Gasteiger partial charge in [-0.1, -0.05) is 67.6 Å². The fourth-order valence-electron chi connectivity index (χ4n) is 4.08. The van der Waals surface area contributed by atoms with Crippen LogP contribution in [0.2, 0.25) is 0 Å². The summed E-state index contributed by atoms with van der Waals surface area (Å²) < 4.78 is 0. The number of hydrogen-bond acceptors (Lipinski definition) is 1. The molecule has 5 rings (SSSR count). The van der Waals surface area contributed by atoms with Gasteiger partial charge in [0.1, 0.15) is 0 Å². The SMILES string of the molecule is C1=CC=CNC=C1.CC1Cc2c(ccc3c2CCC=C3)-c2ccccc21. The molecule has 0 fully saturated rings. The van der Waals surface area contributed by atoms with Gasteiger partial charge in [0, 0.05) is 12.4 Å². The number of benzene rings is 2. The molecule has 1 heteroatoms. The van der Waals surface area contributed by atoms with Gasteiger partial charge in [-0.2, -0.15) is 0 Å². The van der Waals surface area contributed by atoms with E-state index in [0.717, 1.165) is 0 Å². The highest BCUT2D eigenvalue weighted by Crippen LogP contribution is 2.42. The first-order chi connectivity index (χ1) is 12.8. The molecule has 0 amide bonds. The van der Waals surface area contributed by atoms with Gasteiger partial charge in [-0.25, -0.2) is 0 Å². The molecule has 1 unspecified atom stereocenters. The van der Waals surface area contributed by atoms with Crippen LogP contribution in [0.15, 0.2) is 79.2 Å². The molecule has 0 saturated carbocycles. The van der Waals surface area contributed by atoms with Crippen molar-refractivity contribution in [1.29, 1.82) is 0 Å². The van der Waals surface area contributed by atoms with Crippen LogP contribution in [0, 0.1) is 0 Å². The van der Waals surface area contributed by atoms with Gasteiger partial charge in [0.05, 0.1) is 0 Å². The van der Waals surface area contributed by atoms with Gasteiger partial charge < -0.3 is 5.32 Å². The van der Waals surface area contributed by atoms with E-state index in [0.29, 0.717) is 5.92 Å². The summed E-state index contributed by atoms with van der Waals surface area (Å²) in [5.74, 6) is 0.640. The first-order valence-corrected chi connectivity index (χ1v) is 9.49. The van der Waals surface area contributed by atoms with E-state index in [1.807, 2.05) is 36.7 Å². The summed E-state index contributed by atoms with van der Waals surface area (Å²) in [4.78, 5) is 0. The summed E-state index contributed by atoms with van der Waals surface area (Å²) in [5, 5.41) is 2.92. The molecular formula is C25H25N. The van der Waals surface area contributed by atoms with E-state index in [9.17, 15) is 0 Å². The fraction of sp³-hybridized carbons (Fsp3) is 0.200. The molecule has 130 valence electrons. The predicted molar refractivity (Wildman–Crippen MR) is 112 cm³/mol. The standard InChI is InChI=1S/C19H18.C6H7N/c1-13-12-19-16-8-3-2-6-14(16)10-11-18(19)17-9-5-4-7-15(13)17;1-2-4-6-7-5-3-1/h2,4-7,9-11,13H,3,8,12H2,1H3;1-7H. The lowest BCUT2D eigenvalue weighted by Gasteiger charge is -2.29. The highest BCUT2D eigenvalue weighted by Gasteiger charge is 2.24. The summed E-state index contributed by atoms with van der Waals surface area (Å²) in [6, 6.07) is 13.5. The molecule has 0 saturated heterocycles. The van der Waals surface area contributed by atoms with Gasteiger partial charge >= 0.3 is 0 Å². The van der Waals surface area contributed by atoms with E-state index in [-0.39, 0.29) is 0 Å². The molecule has 1 atom stereocenters. The normalized spacial score (nSPS) is 18.6. The smallest absolute Gasteiger partial charge is 0.000442 e. The number of rotatable bonds is 0. The van der Waals surface area contributed by atoms with E-state index in [2.05, 4.69) is 60.8 Å². The molecular weight excluding hydrogens is 314 g/mol. The van der Waals surface area contributed by atoms with Crippen LogP contribution in [0.25, 0.3) is 17.2 Å². The highest BCUT2D eigenvalue weighted by atomic mass is 14.8. The highest BCUT2D eigenvalue weighted by molar-refractivity contribution is 5.78. The second-order valence-corrected chi connectivity index (χ2v) is 7.06. The van der Waals surface area contributed by atoms with E-state index in [1.165, 1.54) is 41.5 Å². The fourth-order valence-corrected chi connectivity index (χ4v) is 4.08. The van der Waals surface area contributed by atoms with Crippen LogP contribution in [-0.2, 0) is 12.8 Å². The number of fused-ring (bicyclic) bond motifs is 5. The molecule has 2 aromatic carbocycles. The average molecular weight is 339 g/mol. The molecule has 1 N–H and O–H groups in total. The van der Waals surface area contributed by atoms with E-state index < -0.39 is 0 Å². The van der Waals surface area contributed by atoms with Gasteiger partial charge in [0.2, 0.25) is 0 Å². The van der Waals surface area contributed by atoms with Crippen LogP contribution in [0.5, 0.6) is 0 Å². The lowest BCUT2D eigenvalue weighted by atomic mass is 9.75. The number of allylic oxidation sites excluding steroid dienone is 5. The van der Waals surface area contributed by atoms with Crippen LogP contribution in [-0.4, -0.2) is 0 Å². The Labute approximate surface area is 156 Å². The minimum Gasteiger partial charge on any atom is -0.368 e. The van der Waals surface area contributed by atoms with Crippen molar-refractivity contribution in [2.45, 2.75) is 32.1 Å². The third kappa shape index (κ3) is 3.30. The Balaban J connectivity index is 0.000000204. The molecule has 1 nitrogen and oxygen atoms in total. The first kappa shape index (κ1) is 16.7. The molecule has 0 aromatic heterocycles. The summed E-state index contributed by atoms with van der Waals surface area (Å²) in [6.07, 6.45) is 19.8. The Morgan fingerprint density at radius 3 is 2.50 bits per heavy atom. The maximum Gasteiger partial charge on any atom is 0.000442 e. The third-order valence-electron chi connectivity index (χ3n) is 5.34. The van der Waals surface area contributed by atoms with Gasteiger partial charge in [-0.15, -0.1) is 0 Å². The van der Waals surface area contributed by atoms with E-state index in [4.69, 9.17) is 0 Å². The average Bonchev–Trinajstić information content (AvgIpc) is 3.02. The zero-order valence-electron chi connectivity index (χ0n) is 15.3. The van der Waals surface area contributed by atoms with Crippen molar-refractivity contribution in [2.75, 3.05) is 0 Å². The second-order valence-electron chi connectivity index (χ2n) is 7.06. The summed E-state index contributed by atoms with van der Waals surface area (Å²) in [7, 11) is 0. The first-order valence-electron chi connectivity index (χ1n) is 9.49. The van der Waals surface area contributed by atoms with Crippen LogP contribution in [0.1, 0.15) is 41.5 Å². The van der Waals surface area contributed by atoms with Crippen LogP contribution in [0.4, 0.5) is 0 Å². The van der Waals surface area contributed by atoms with Crippen molar-refractivity contribution in [3.05, 3.63) is 101 Å². The second kappa shape index (κ2) is 7.61. The molecule has 26 heavy (non-hydrogen) atoms. The van der Waals surface area contributed by atoms with Gasteiger partial charge in [0.25, 0.3) is 0 Å². The molecule has 3 aliphatic rings. The molecule has 1 aliphatic heterocycles. The minimum atomic E-state index is 0.640. The van der Waals surface area contributed by atoms with Crippen molar-refractivity contribution < 1.29 is 0 Å². The lowest BCUT2D eigenvalue weighted by molar-refractivity contribution is 0.738. The van der Waals surface area contributed by atoms with Crippen LogP contribution in [0.3, 0.4) is 0 Å². The van der Waals surface area contributed by atoms with E-state index in [1.54, 1.807) is 11.1 Å². The molecule has 2 aliphatic carbocycles. The van der Waals surface area contributed by atoms with Crippen LogP contribution < -0.4 is 5.32 Å². The zero-order chi connectivity index (χ0) is 17.8. The van der Waals surface area contributed by atoms with Crippen molar-refractivity contribution in [3.63, 3.8) is 0 Å². The van der Waals surface area contributed by atoms with Crippen molar-refractivity contribution in [1.82, 2.24) is 5.32 Å². The summed E-state index contributed by atoms with van der Waals surface area (Å²) >= 11 is 0. The Hall–Kier alpha value is -2.80. The van der Waals surface area contributed by atoms with E-state index >= 15 is 0 Å². The van der Waals surface area contributed by atoms with Gasteiger partial charge in [-0.3, -0.25) is 0 Å². The quantitative estimate of drug-likeness (QED) is 0.607. The topological polar surface area (TPSA) is 12.0 Å². The summed E-state index contributed by atoms with van der Waals surface area (Å²) in [5.41, 5.74) is 9.09. The Bertz CT molecular complexity index is 898. The van der Waals surface area contributed by atoms with Crippen molar-refractivity contribution in [2.24, 2.45) is 0 Å².